The molecule has 6 nitrogen and oxygen atoms in total. The van der Waals surface area contributed by atoms with E-state index in [4.69, 9.17) is 5.73 Å². The number of rotatable bonds is 3. The summed E-state index contributed by atoms with van der Waals surface area (Å²) in [5.41, 5.74) is 5.17. The lowest BCUT2D eigenvalue weighted by atomic mass is 10.2. The minimum Gasteiger partial charge on any atom is -0.368 e. The van der Waals surface area contributed by atoms with E-state index in [1.165, 1.54) is 10.6 Å². The maximum Gasteiger partial charge on any atom is 0.234 e. The second kappa shape index (κ2) is 4.46. The lowest BCUT2D eigenvalue weighted by Gasteiger charge is -2.35. The summed E-state index contributed by atoms with van der Waals surface area (Å²) in [6, 6.07) is -0.327. The Bertz CT molecular complexity index is 333. The fraction of sp³-hybridized carbons (Fsp3) is 0.875. The third-order valence-corrected chi connectivity index (χ3v) is 4.00. The van der Waals surface area contributed by atoms with Crippen molar-refractivity contribution in [3.05, 3.63) is 0 Å². The molecule has 0 bridgehead atoms. The molecule has 1 saturated heterocycles. The number of hydrogen-bond acceptors (Lipinski definition) is 4. The van der Waals surface area contributed by atoms with Gasteiger partial charge in [-0.2, -0.15) is 4.31 Å². The molecule has 0 aliphatic carbocycles. The number of piperazine rings is 1. The van der Waals surface area contributed by atoms with Gasteiger partial charge in [-0.1, -0.05) is 0 Å². The number of nitrogens with zero attached hydrogens (tertiary/aromatic N) is 2. The van der Waals surface area contributed by atoms with E-state index in [2.05, 4.69) is 0 Å². The van der Waals surface area contributed by atoms with Crippen LogP contribution in [-0.2, 0) is 14.8 Å². The van der Waals surface area contributed by atoms with E-state index in [9.17, 15) is 13.2 Å². The molecule has 1 fully saturated rings. The number of hydrogen-bond donors (Lipinski definition) is 1. The molecule has 1 rings (SSSR count). The number of carbonyl (C=O) groups is 1. The van der Waals surface area contributed by atoms with Crippen molar-refractivity contribution in [2.45, 2.75) is 13.0 Å². The van der Waals surface area contributed by atoms with Gasteiger partial charge in [0, 0.05) is 26.2 Å². The summed E-state index contributed by atoms with van der Waals surface area (Å²) in [6.07, 6.45) is 1.19. The van der Waals surface area contributed by atoms with E-state index in [0.717, 1.165) is 0 Å². The number of primary amides is 1. The van der Waals surface area contributed by atoms with Crippen LogP contribution in [0.2, 0.25) is 0 Å². The van der Waals surface area contributed by atoms with Gasteiger partial charge in [0.05, 0.1) is 12.3 Å². The molecule has 0 saturated carbocycles. The highest BCUT2D eigenvalue weighted by Gasteiger charge is 2.27. The lowest BCUT2D eigenvalue weighted by molar-refractivity contribution is -0.123. The van der Waals surface area contributed by atoms with Crippen LogP contribution in [-0.4, -0.2) is 62.0 Å². The molecule has 0 radical (unpaired) electrons. The zero-order chi connectivity index (χ0) is 11.6. The molecule has 0 spiro atoms. The largest absolute Gasteiger partial charge is 0.368 e. The average Bonchev–Trinajstić information content (AvgIpc) is 2.15. The predicted octanol–water partition coefficient (Wildman–Crippen LogP) is -1.56. The Hall–Kier alpha value is -0.660. The van der Waals surface area contributed by atoms with Crippen LogP contribution in [0.1, 0.15) is 6.92 Å². The van der Waals surface area contributed by atoms with Crippen LogP contribution in [0.4, 0.5) is 0 Å². The van der Waals surface area contributed by atoms with Crippen molar-refractivity contribution in [3.63, 3.8) is 0 Å². The molecule has 0 aromatic heterocycles. The molecule has 1 atom stereocenters. The maximum absolute atomic E-state index is 11.2. The van der Waals surface area contributed by atoms with Gasteiger partial charge < -0.3 is 5.73 Å². The number of nitrogens with two attached hydrogens (primary N) is 1. The predicted molar refractivity (Wildman–Crippen MR) is 56.6 cm³/mol. The lowest BCUT2D eigenvalue weighted by Crippen LogP contribution is -2.54. The Morgan fingerprint density at radius 1 is 1.27 bits per heavy atom. The topological polar surface area (TPSA) is 83.7 Å². The van der Waals surface area contributed by atoms with Crippen LogP contribution < -0.4 is 5.73 Å². The highest BCUT2D eigenvalue weighted by molar-refractivity contribution is 7.88. The van der Waals surface area contributed by atoms with E-state index in [0.29, 0.717) is 26.2 Å². The number of carbonyl (C=O) groups excluding carboxylic acids is 1. The van der Waals surface area contributed by atoms with Crippen molar-refractivity contribution in [1.29, 1.82) is 0 Å². The maximum atomic E-state index is 11.2. The smallest absolute Gasteiger partial charge is 0.234 e. The first-order valence-corrected chi connectivity index (χ1v) is 6.65. The van der Waals surface area contributed by atoms with Crippen molar-refractivity contribution in [2.24, 2.45) is 5.73 Å². The summed E-state index contributed by atoms with van der Waals surface area (Å²) in [4.78, 5) is 12.8. The fourth-order valence-corrected chi connectivity index (χ4v) is 2.43. The van der Waals surface area contributed by atoms with Crippen LogP contribution in [0.5, 0.6) is 0 Å². The summed E-state index contributed by atoms with van der Waals surface area (Å²) in [6.45, 7) is 3.69. The van der Waals surface area contributed by atoms with Crippen molar-refractivity contribution in [1.82, 2.24) is 9.21 Å². The Morgan fingerprint density at radius 2 is 1.73 bits per heavy atom. The Balaban J connectivity index is 2.53. The van der Waals surface area contributed by atoms with Crippen LogP contribution in [0.15, 0.2) is 0 Å². The second-order valence-electron chi connectivity index (χ2n) is 3.78. The van der Waals surface area contributed by atoms with Gasteiger partial charge in [0.2, 0.25) is 15.9 Å². The fourth-order valence-electron chi connectivity index (χ4n) is 1.60. The molecule has 1 amide bonds. The highest BCUT2D eigenvalue weighted by Crippen LogP contribution is 2.08. The van der Waals surface area contributed by atoms with Crippen LogP contribution in [0, 0.1) is 0 Å². The highest BCUT2D eigenvalue weighted by atomic mass is 32.2. The van der Waals surface area contributed by atoms with Crippen LogP contribution >= 0.6 is 0 Å². The van der Waals surface area contributed by atoms with E-state index < -0.39 is 10.0 Å². The summed E-state index contributed by atoms with van der Waals surface area (Å²) >= 11 is 0. The van der Waals surface area contributed by atoms with Gasteiger partial charge in [-0.25, -0.2) is 8.42 Å². The van der Waals surface area contributed by atoms with Gasteiger partial charge >= 0.3 is 0 Å². The van der Waals surface area contributed by atoms with Crippen LogP contribution in [0.3, 0.4) is 0 Å². The van der Waals surface area contributed by atoms with Crippen molar-refractivity contribution in [3.8, 4) is 0 Å². The monoisotopic (exact) mass is 235 g/mol. The van der Waals surface area contributed by atoms with Gasteiger partial charge in [0.15, 0.2) is 0 Å². The van der Waals surface area contributed by atoms with Gasteiger partial charge in [-0.3, -0.25) is 9.69 Å². The van der Waals surface area contributed by atoms with E-state index >= 15 is 0 Å². The SMILES string of the molecule is C[C@H](C(N)=O)N1CCN(S(C)(=O)=O)CC1. The summed E-state index contributed by atoms with van der Waals surface area (Å²) < 4.78 is 23.8. The first kappa shape index (κ1) is 12.4. The molecule has 15 heavy (non-hydrogen) atoms. The Kier molecular flexibility index (Phi) is 3.69. The van der Waals surface area contributed by atoms with Crippen molar-refractivity contribution in [2.75, 3.05) is 32.4 Å². The molecular formula is C8H17N3O3S. The molecule has 0 aromatic rings. The third kappa shape index (κ3) is 3.15. The first-order valence-electron chi connectivity index (χ1n) is 4.81. The van der Waals surface area contributed by atoms with Crippen molar-refractivity contribution >= 4 is 15.9 Å². The minimum absolute atomic E-state index is 0.327. The van der Waals surface area contributed by atoms with E-state index in [-0.39, 0.29) is 11.9 Å². The minimum atomic E-state index is -3.10. The standard InChI is InChI=1S/C8H17N3O3S/c1-7(8(9)12)10-3-5-11(6-4-10)15(2,13)14/h7H,3-6H2,1-2H3,(H2,9,12)/t7-/m1/s1. The quantitative estimate of drug-likeness (QED) is 0.641. The molecule has 0 unspecified atom stereocenters. The van der Waals surface area contributed by atoms with Gasteiger partial charge in [0.1, 0.15) is 0 Å². The summed E-state index contributed by atoms with van der Waals surface area (Å²) in [5.74, 6) is -0.372. The second-order valence-corrected chi connectivity index (χ2v) is 5.76. The van der Waals surface area contributed by atoms with Crippen molar-refractivity contribution < 1.29 is 13.2 Å². The zero-order valence-electron chi connectivity index (χ0n) is 9.01. The molecule has 1 aliphatic heterocycles. The Labute approximate surface area is 90.1 Å². The van der Waals surface area contributed by atoms with Gasteiger partial charge in [-0.15, -0.1) is 0 Å². The Morgan fingerprint density at radius 3 is 2.07 bits per heavy atom. The van der Waals surface area contributed by atoms with Gasteiger partial charge in [-0.05, 0) is 6.92 Å². The first-order chi connectivity index (χ1) is 6.82. The molecule has 1 heterocycles. The van der Waals surface area contributed by atoms with E-state index in [1.54, 1.807) is 6.92 Å². The molecule has 1 aliphatic rings. The summed E-state index contributed by atoms with van der Waals surface area (Å²) in [5, 5.41) is 0. The van der Waals surface area contributed by atoms with E-state index in [1.807, 2.05) is 4.90 Å². The number of amides is 1. The normalized spacial score (nSPS) is 22.5. The van der Waals surface area contributed by atoms with Crippen LogP contribution in [0.25, 0.3) is 0 Å². The number of sulfonamides is 1. The summed E-state index contributed by atoms with van der Waals surface area (Å²) in [7, 11) is -3.10. The molecule has 2 N–H and O–H groups in total. The van der Waals surface area contributed by atoms with Gasteiger partial charge in [0.25, 0.3) is 0 Å². The molecule has 7 heteroatoms. The molecule has 88 valence electrons. The zero-order valence-corrected chi connectivity index (χ0v) is 9.83. The molecule has 0 aromatic carbocycles. The average molecular weight is 235 g/mol. The molecular weight excluding hydrogens is 218 g/mol. The third-order valence-electron chi connectivity index (χ3n) is 2.70.